The molecule has 45 heavy (non-hydrogen) atoms. The van der Waals surface area contributed by atoms with Crippen LogP contribution in [-0.2, 0) is 17.3 Å². The molecule has 0 saturated carbocycles. The topological polar surface area (TPSA) is 96.6 Å². The van der Waals surface area contributed by atoms with E-state index in [1.54, 1.807) is 19.2 Å². The normalized spacial score (nSPS) is 22.6. The Morgan fingerprint density at radius 1 is 1.02 bits per heavy atom. The number of aliphatic hydroxyl groups excluding tert-OH is 1. The van der Waals surface area contributed by atoms with Crippen LogP contribution >= 0.6 is 23.2 Å². The Morgan fingerprint density at radius 2 is 1.84 bits per heavy atom. The molecule has 2 unspecified atom stereocenters. The molecule has 7 rings (SSSR count). The summed E-state index contributed by atoms with van der Waals surface area (Å²) in [5.41, 5.74) is 4.40. The number of fused-ring (bicyclic) bond motifs is 2. The fourth-order valence-corrected chi connectivity index (χ4v) is 8.13. The van der Waals surface area contributed by atoms with Crippen LogP contribution in [0, 0.1) is 0 Å². The zero-order chi connectivity index (χ0) is 31.2. The number of piperidine rings is 1. The number of hydrogen-bond donors (Lipinski definition) is 1. The van der Waals surface area contributed by atoms with Gasteiger partial charge >= 0.3 is 0 Å². The van der Waals surface area contributed by atoms with Gasteiger partial charge in [-0.3, -0.25) is 4.79 Å². The van der Waals surface area contributed by atoms with Crippen molar-refractivity contribution in [3.05, 3.63) is 99.3 Å². The maximum Gasteiger partial charge on any atom is 0.257 e. The Labute approximate surface area is 272 Å². The number of tetrazole rings is 1. The molecule has 11 heteroatoms. The summed E-state index contributed by atoms with van der Waals surface area (Å²) in [7, 11) is 1.57. The lowest BCUT2D eigenvalue weighted by Gasteiger charge is -2.43. The number of halogens is 2. The second-order valence-electron chi connectivity index (χ2n) is 12.6. The second kappa shape index (κ2) is 12.0. The number of nitrogens with zero attached hydrogens (tertiary/aromatic N) is 6. The van der Waals surface area contributed by atoms with Crippen molar-refractivity contribution >= 4 is 29.1 Å². The number of methoxy groups -OCH3 is 1. The average Bonchev–Trinajstić information content (AvgIpc) is 3.82. The summed E-state index contributed by atoms with van der Waals surface area (Å²) in [5, 5.41) is 23.6. The summed E-state index contributed by atoms with van der Waals surface area (Å²) in [6, 6.07) is 19.8. The Morgan fingerprint density at radius 3 is 2.60 bits per heavy atom. The predicted octanol–water partition coefficient (Wildman–Crippen LogP) is 5.10. The fraction of sp³-hybridized carbons (Fsp3) is 0.412. The molecule has 0 bridgehead atoms. The highest BCUT2D eigenvalue weighted by atomic mass is 35.5. The third-order valence-electron chi connectivity index (χ3n) is 10.5. The van der Waals surface area contributed by atoms with Gasteiger partial charge in [-0.1, -0.05) is 53.5 Å². The van der Waals surface area contributed by atoms with E-state index in [-0.39, 0.29) is 22.8 Å². The molecule has 2 aliphatic heterocycles. The maximum atomic E-state index is 14.1. The molecule has 0 radical (unpaired) electrons. The molecule has 234 valence electrons. The van der Waals surface area contributed by atoms with E-state index >= 15 is 0 Å². The summed E-state index contributed by atoms with van der Waals surface area (Å²) in [6.07, 6.45) is 5.45. The Bertz CT molecular complexity index is 1710. The zero-order valence-electron chi connectivity index (χ0n) is 25.2. The molecule has 2 saturated heterocycles. The predicted molar refractivity (Wildman–Crippen MR) is 172 cm³/mol. The van der Waals surface area contributed by atoms with E-state index in [0.717, 1.165) is 57.3 Å². The molecule has 1 aliphatic carbocycles. The van der Waals surface area contributed by atoms with Crippen molar-refractivity contribution in [2.45, 2.75) is 49.0 Å². The average molecular weight is 648 g/mol. The second-order valence-corrected chi connectivity index (χ2v) is 13.5. The van der Waals surface area contributed by atoms with Crippen molar-refractivity contribution in [2.24, 2.45) is 0 Å². The molecule has 3 heterocycles. The first-order valence-corrected chi connectivity index (χ1v) is 16.2. The number of aromatic nitrogens is 4. The smallest absolute Gasteiger partial charge is 0.257 e. The van der Waals surface area contributed by atoms with Crippen molar-refractivity contribution < 1.29 is 14.6 Å². The van der Waals surface area contributed by atoms with Crippen LogP contribution in [0.3, 0.4) is 0 Å². The van der Waals surface area contributed by atoms with Gasteiger partial charge in [-0.15, -0.1) is 5.10 Å². The molecule has 1 spiro atoms. The monoisotopic (exact) mass is 646 g/mol. The van der Waals surface area contributed by atoms with E-state index in [1.165, 1.54) is 22.1 Å². The van der Waals surface area contributed by atoms with E-state index in [1.807, 2.05) is 23.1 Å². The highest BCUT2D eigenvalue weighted by Gasteiger charge is 2.48. The molecule has 2 atom stereocenters. The van der Waals surface area contributed by atoms with Crippen LogP contribution in [0.5, 0.6) is 5.75 Å². The molecule has 3 aromatic carbocycles. The summed E-state index contributed by atoms with van der Waals surface area (Å²) in [5.74, 6) is 0.402. The van der Waals surface area contributed by atoms with Gasteiger partial charge in [0, 0.05) is 23.9 Å². The number of carbonyl (C=O) groups is 1. The van der Waals surface area contributed by atoms with Crippen LogP contribution in [-0.4, -0.2) is 87.0 Å². The molecule has 9 nitrogen and oxygen atoms in total. The van der Waals surface area contributed by atoms with Gasteiger partial charge in [-0.2, -0.15) is 0 Å². The van der Waals surface area contributed by atoms with Gasteiger partial charge in [0.1, 0.15) is 12.1 Å². The summed E-state index contributed by atoms with van der Waals surface area (Å²) in [6.45, 7) is 3.88. The molecule has 1 amide bonds. The first-order chi connectivity index (χ1) is 21.8. The molecule has 3 aliphatic rings. The molecule has 1 aromatic heterocycles. The number of amides is 1. The van der Waals surface area contributed by atoms with E-state index in [4.69, 9.17) is 27.9 Å². The highest BCUT2D eigenvalue weighted by Crippen LogP contribution is 2.47. The number of hydrogen-bond acceptors (Lipinski definition) is 7. The van der Waals surface area contributed by atoms with Crippen LogP contribution in [0.15, 0.2) is 67.0 Å². The highest BCUT2D eigenvalue weighted by molar-refractivity contribution is 6.42. The lowest BCUT2D eigenvalue weighted by molar-refractivity contribution is 0.0414. The SMILES string of the molecule is COc1ccc(-n2cnnn2)cc1C(=O)N1CCC(CCN2CCC3(CC2)c2ccccc2CC3O)(c2ccc(Cl)c(Cl)c2)C1. The molecule has 2 fully saturated rings. The van der Waals surface area contributed by atoms with Crippen molar-refractivity contribution in [1.29, 1.82) is 0 Å². The number of likely N-dealkylation sites (tertiary alicyclic amines) is 2. The minimum absolute atomic E-state index is 0.0995. The van der Waals surface area contributed by atoms with E-state index < -0.39 is 0 Å². The quantitative estimate of drug-likeness (QED) is 0.298. The van der Waals surface area contributed by atoms with Gasteiger partial charge < -0.3 is 19.6 Å². The van der Waals surface area contributed by atoms with Gasteiger partial charge in [0.2, 0.25) is 0 Å². The fourth-order valence-electron chi connectivity index (χ4n) is 7.83. The van der Waals surface area contributed by atoms with Crippen LogP contribution in [0.25, 0.3) is 5.69 Å². The summed E-state index contributed by atoms with van der Waals surface area (Å²) >= 11 is 12.9. The Balaban J connectivity index is 1.11. The van der Waals surface area contributed by atoms with Gasteiger partial charge in [0.25, 0.3) is 5.91 Å². The van der Waals surface area contributed by atoms with Crippen LogP contribution in [0.4, 0.5) is 0 Å². The third kappa shape index (κ3) is 5.39. The number of carbonyl (C=O) groups excluding carboxylic acids is 1. The van der Waals surface area contributed by atoms with Gasteiger partial charge in [-0.05, 0) is 109 Å². The molecule has 1 N–H and O–H groups in total. The number of rotatable bonds is 7. The maximum absolute atomic E-state index is 14.1. The van der Waals surface area contributed by atoms with Gasteiger partial charge in [0.05, 0.1) is 34.5 Å². The van der Waals surface area contributed by atoms with Crippen molar-refractivity contribution in [1.82, 2.24) is 30.0 Å². The Hall–Kier alpha value is -3.50. The van der Waals surface area contributed by atoms with Crippen LogP contribution < -0.4 is 4.74 Å². The molecular weight excluding hydrogens is 611 g/mol. The molecular formula is C34H36Cl2N6O3. The van der Waals surface area contributed by atoms with E-state index in [0.29, 0.717) is 40.1 Å². The van der Waals surface area contributed by atoms with Crippen LogP contribution in [0.1, 0.15) is 52.7 Å². The summed E-state index contributed by atoms with van der Waals surface area (Å²) in [4.78, 5) is 18.5. The minimum Gasteiger partial charge on any atom is -0.496 e. The first-order valence-electron chi connectivity index (χ1n) is 15.5. The zero-order valence-corrected chi connectivity index (χ0v) is 26.7. The van der Waals surface area contributed by atoms with Crippen molar-refractivity contribution in [3.8, 4) is 11.4 Å². The lowest BCUT2D eigenvalue weighted by atomic mass is 9.72. The lowest BCUT2D eigenvalue weighted by Crippen LogP contribution is -2.48. The number of aliphatic hydroxyl groups is 1. The largest absolute Gasteiger partial charge is 0.496 e. The van der Waals surface area contributed by atoms with Crippen LogP contribution in [0.2, 0.25) is 10.0 Å². The number of ether oxygens (including phenoxy) is 1. The minimum atomic E-state index is -0.328. The standard InChI is InChI=1S/C34H36Cl2N6O3/c1-45-30-9-7-25(42-22-37-38-39-42)20-26(30)32(44)41-17-11-33(21-41,24-6-8-28(35)29(36)19-24)10-14-40-15-12-34(13-16-40)27-5-3-2-4-23(27)18-31(34)43/h2-9,19-20,22,31,43H,10-18,21H2,1H3. The number of benzene rings is 3. The third-order valence-corrected chi connectivity index (χ3v) is 11.2. The van der Waals surface area contributed by atoms with Gasteiger partial charge in [-0.25, -0.2) is 4.68 Å². The van der Waals surface area contributed by atoms with Crippen molar-refractivity contribution in [3.63, 3.8) is 0 Å². The summed E-state index contributed by atoms with van der Waals surface area (Å²) < 4.78 is 7.11. The van der Waals surface area contributed by atoms with E-state index in [2.05, 4.69) is 50.8 Å². The Kier molecular flexibility index (Phi) is 8.06. The first kappa shape index (κ1) is 30.2. The molecule has 4 aromatic rings. The van der Waals surface area contributed by atoms with E-state index in [9.17, 15) is 9.90 Å². The van der Waals surface area contributed by atoms with Crippen molar-refractivity contribution in [2.75, 3.05) is 39.8 Å². The van der Waals surface area contributed by atoms with Gasteiger partial charge in [0.15, 0.2) is 0 Å².